The van der Waals surface area contributed by atoms with Gasteiger partial charge in [0.05, 0.1) is 11.5 Å². The molecule has 0 bridgehead atoms. The second-order valence-electron chi connectivity index (χ2n) is 6.82. The molecule has 1 aliphatic rings. The zero-order valence-corrected chi connectivity index (χ0v) is 15.0. The number of rotatable bonds is 7. The topological polar surface area (TPSA) is 66.7 Å². The van der Waals surface area contributed by atoms with E-state index in [2.05, 4.69) is 9.80 Å². The average Bonchev–Trinajstić information content (AvgIpc) is 2.65. The Balaban J connectivity index is 1.42. The van der Waals surface area contributed by atoms with Gasteiger partial charge in [-0.05, 0) is 23.3 Å². The maximum Gasteiger partial charge on any atom is 0.269 e. The molecule has 0 aliphatic carbocycles. The number of Topliss-reactive ketones (excluding diaryl/α,β-unsaturated/α-hetero) is 1. The number of nitro benzene ring substituents is 1. The molecule has 0 unspecified atom stereocenters. The number of halogens is 1. The standard InChI is InChI=1S/C20H22FN3O3/c21-18-5-1-17(2-6-18)14-22-9-11-23(12-10-22)15-20(25)13-16-3-7-19(8-4-16)24(26)27/h1-8H,9-15H2. The maximum atomic E-state index is 13.0. The highest BCUT2D eigenvalue weighted by molar-refractivity contribution is 5.82. The van der Waals surface area contributed by atoms with Gasteiger partial charge in [-0.25, -0.2) is 4.39 Å². The summed E-state index contributed by atoms with van der Waals surface area (Å²) in [5.41, 5.74) is 1.91. The van der Waals surface area contributed by atoms with Crippen molar-refractivity contribution < 1.29 is 14.1 Å². The lowest BCUT2D eigenvalue weighted by molar-refractivity contribution is -0.384. The molecule has 0 amide bonds. The largest absolute Gasteiger partial charge is 0.298 e. The quantitative estimate of drug-likeness (QED) is 0.553. The molecule has 2 aromatic rings. The zero-order valence-electron chi connectivity index (χ0n) is 15.0. The second-order valence-corrected chi connectivity index (χ2v) is 6.82. The minimum Gasteiger partial charge on any atom is -0.298 e. The molecule has 6 nitrogen and oxygen atoms in total. The molecule has 7 heteroatoms. The fraction of sp³-hybridized carbons (Fsp3) is 0.350. The fourth-order valence-electron chi connectivity index (χ4n) is 3.22. The molecule has 0 spiro atoms. The van der Waals surface area contributed by atoms with Crippen LogP contribution in [0.5, 0.6) is 0 Å². The Kier molecular flexibility index (Phi) is 6.26. The van der Waals surface area contributed by atoms with Crippen molar-refractivity contribution >= 4 is 11.5 Å². The Morgan fingerprint density at radius 1 is 0.926 bits per heavy atom. The van der Waals surface area contributed by atoms with Crippen molar-refractivity contribution in [2.24, 2.45) is 0 Å². The SMILES string of the molecule is O=C(Cc1ccc([N+](=O)[O-])cc1)CN1CCN(Cc2ccc(F)cc2)CC1. The first-order valence-corrected chi connectivity index (χ1v) is 8.94. The monoisotopic (exact) mass is 371 g/mol. The molecule has 0 radical (unpaired) electrons. The average molecular weight is 371 g/mol. The van der Waals surface area contributed by atoms with Gasteiger partial charge in [0, 0.05) is 51.3 Å². The molecule has 142 valence electrons. The molecule has 3 rings (SSSR count). The third kappa shape index (κ3) is 5.67. The van der Waals surface area contributed by atoms with Gasteiger partial charge in [-0.2, -0.15) is 0 Å². The molecular formula is C20H22FN3O3. The van der Waals surface area contributed by atoms with Gasteiger partial charge in [-0.3, -0.25) is 24.7 Å². The van der Waals surface area contributed by atoms with Crippen molar-refractivity contribution in [1.82, 2.24) is 9.80 Å². The highest BCUT2D eigenvalue weighted by Crippen LogP contribution is 2.13. The van der Waals surface area contributed by atoms with E-state index >= 15 is 0 Å². The molecule has 1 fully saturated rings. The van der Waals surface area contributed by atoms with Crippen molar-refractivity contribution in [3.8, 4) is 0 Å². The van der Waals surface area contributed by atoms with E-state index in [0.717, 1.165) is 43.9 Å². The van der Waals surface area contributed by atoms with Gasteiger partial charge < -0.3 is 0 Å². The normalized spacial score (nSPS) is 15.6. The summed E-state index contributed by atoms with van der Waals surface area (Å²) in [5.74, 6) is -0.119. The van der Waals surface area contributed by atoms with Crippen LogP contribution in [0.15, 0.2) is 48.5 Å². The Bertz CT molecular complexity index is 785. The Morgan fingerprint density at radius 2 is 1.48 bits per heavy atom. The Hall–Kier alpha value is -2.64. The first kappa shape index (κ1) is 19.1. The Labute approximate surface area is 157 Å². The molecule has 1 heterocycles. The summed E-state index contributed by atoms with van der Waals surface area (Å²) in [5, 5.41) is 10.7. The summed E-state index contributed by atoms with van der Waals surface area (Å²) in [6.45, 7) is 4.52. The van der Waals surface area contributed by atoms with Gasteiger partial charge in [0.25, 0.3) is 5.69 Å². The van der Waals surface area contributed by atoms with E-state index in [4.69, 9.17) is 0 Å². The number of hydrogen-bond donors (Lipinski definition) is 0. The van der Waals surface area contributed by atoms with Gasteiger partial charge in [0.15, 0.2) is 5.78 Å². The van der Waals surface area contributed by atoms with Crippen LogP contribution in [0, 0.1) is 15.9 Å². The summed E-state index contributed by atoms with van der Waals surface area (Å²) in [6, 6.07) is 12.7. The van der Waals surface area contributed by atoms with Gasteiger partial charge in [0.1, 0.15) is 5.82 Å². The van der Waals surface area contributed by atoms with E-state index in [9.17, 15) is 19.3 Å². The first-order chi connectivity index (χ1) is 13.0. The molecule has 2 aromatic carbocycles. The van der Waals surface area contributed by atoms with E-state index < -0.39 is 4.92 Å². The van der Waals surface area contributed by atoms with E-state index in [-0.39, 0.29) is 23.7 Å². The predicted molar refractivity (Wildman–Crippen MR) is 99.9 cm³/mol. The molecule has 0 aromatic heterocycles. The highest BCUT2D eigenvalue weighted by atomic mass is 19.1. The lowest BCUT2D eigenvalue weighted by atomic mass is 10.1. The number of nitro groups is 1. The van der Waals surface area contributed by atoms with E-state index in [1.165, 1.54) is 24.3 Å². The number of nitrogens with zero attached hydrogens (tertiary/aromatic N) is 3. The summed E-state index contributed by atoms with van der Waals surface area (Å²) in [4.78, 5) is 26.9. The van der Waals surface area contributed by atoms with E-state index in [1.54, 1.807) is 24.3 Å². The van der Waals surface area contributed by atoms with Crippen LogP contribution in [0.4, 0.5) is 10.1 Å². The molecule has 0 atom stereocenters. The molecular weight excluding hydrogens is 349 g/mol. The van der Waals surface area contributed by atoms with Gasteiger partial charge in [0.2, 0.25) is 0 Å². The van der Waals surface area contributed by atoms with Crippen molar-refractivity contribution in [2.75, 3.05) is 32.7 Å². The third-order valence-electron chi connectivity index (χ3n) is 4.73. The lowest BCUT2D eigenvalue weighted by Gasteiger charge is -2.34. The third-order valence-corrected chi connectivity index (χ3v) is 4.73. The van der Waals surface area contributed by atoms with Gasteiger partial charge in [-0.15, -0.1) is 0 Å². The fourth-order valence-corrected chi connectivity index (χ4v) is 3.22. The van der Waals surface area contributed by atoms with Crippen LogP contribution in [0.1, 0.15) is 11.1 Å². The second kappa shape index (κ2) is 8.83. The molecule has 1 saturated heterocycles. The molecule has 27 heavy (non-hydrogen) atoms. The number of benzene rings is 2. The van der Waals surface area contributed by atoms with Crippen molar-refractivity contribution in [1.29, 1.82) is 0 Å². The summed E-state index contributed by atoms with van der Waals surface area (Å²) in [7, 11) is 0. The summed E-state index contributed by atoms with van der Waals surface area (Å²) >= 11 is 0. The molecule has 0 saturated carbocycles. The van der Waals surface area contributed by atoms with Crippen LogP contribution in [-0.2, 0) is 17.8 Å². The summed E-state index contributed by atoms with van der Waals surface area (Å²) < 4.78 is 13.0. The maximum absolute atomic E-state index is 13.0. The molecule has 0 N–H and O–H groups in total. The first-order valence-electron chi connectivity index (χ1n) is 8.94. The molecule has 1 aliphatic heterocycles. The highest BCUT2D eigenvalue weighted by Gasteiger charge is 2.19. The van der Waals surface area contributed by atoms with Crippen molar-refractivity contribution in [2.45, 2.75) is 13.0 Å². The van der Waals surface area contributed by atoms with Crippen LogP contribution in [0.2, 0.25) is 0 Å². The number of hydrogen-bond acceptors (Lipinski definition) is 5. The van der Waals surface area contributed by atoms with E-state index in [0.29, 0.717) is 6.54 Å². The minimum atomic E-state index is -0.447. The smallest absolute Gasteiger partial charge is 0.269 e. The number of piperazine rings is 1. The van der Waals surface area contributed by atoms with Crippen molar-refractivity contribution in [3.05, 3.63) is 75.6 Å². The zero-order chi connectivity index (χ0) is 19.2. The van der Waals surface area contributed by atoms with Crippen molar-refractivity contribution in [3.63, 3.8) is 0 Å². The lowest BCUT2D eigenvalue weighted by Crippen LogP contribution is -2.47. The minimum absolute atomic E-state index is 0.0310. The Morgan fingerprint density at radius 3 is 2.07 bits per heavy atom. The van der Waals surface area contributed by atoms with Crippen LogP contribution < -0.4 is 0 Å². The number of ketones is 1. The van der Waals surface area contributed by atoms with Gasteiger partial charge in [-0.1, -0.05) is 24.3 Å². The van der Waals surface area contributed by atoms with Crippen LogP contribution in [0.3, 0.4) is 0 Å². The van der Waals surface area contributed by atoms with E-state index in [1.807, 2.05) is 0 Å². The van der Waals surface area contributed by atoms with Crippen LogP contribution >= 0.6 is 0 Å². The predicted octanol–water partition coefficient (Wildman–Crippen LogP) is 2.66. The summed E-state index contributed by atoms with van der Waals surface area (Å²) in [6.07, 6.45) is 0.286. The van der Waals surface area contributed by atoms with Crippen LogP contribution in [0.25, 0.3) is 0 Å². The number of non-ortho nitro benzene ring substituents is 1. The van der Waals surface area contributed by atoms with Gasteiger partial charge >= 0.3 is 0 Å². The van der Waals surface area contributed by atoms with Crippen LogP contribution in [-0.4, -0.2) is 53.2 Å². The number of carbonyl (C=O) groups excluding carboxylic acids is 1. The number of carbonyl (C=O) groups is 1.